The molecule has 2 heterocycles. The smallest absolute Gasteiger partial charge is 0.0239 e. The van der Waals surface area contributed by atoms with E-state index in [-0.39, 0.29) is 20.1 Å². The fourth-order valence-electron chi connectivity index (χ4n) is 3.30. The summed E-state index contributed by atoms with van der Waals surface area (Å²) < 4.78 is 0. The minimum absolute atomic E-state index is 0. The number of allylic oxidation sites excluding steroid dienone is 4. The van der Waals surface area contributed by atoms with Crippen LogP contribution < -0.4 is 0 Å². The van der Waals surface area contributed by atoms with E-state index in [1.165, 1.54) is 16.7 Å². The Hall–Kier alpha value is -3.13. The first-order valence-corrected chi connectivity index (χ1v) is 10.5. The van der Waals surface area contributed by atoms with E-state index in [2.05, 4.69) is 65.4 Å². The van der Waals surface area contributed by atoms with Gasteiger partial charge in [-0.1, -0.05) is 67.4 Å². The molecular formula is C29H24IrN2-2. The molecule has 161 valence electrons. The van der Waals surface area contributed by atoms with Gasteiger partial charge in [-0.05, 0) is 35.0 Å². The number of hydrogen-bond donors (Lipinski definition) is 0. The Morgan fingerprint density at radius 3 is 2.16 bits per heavy atom. The third-order valence-corrected chi connectivity index (χ3v) is 5.01. The normalized spacial score (nSPS) is 12.1. The van der Waals surface area contributed by atoms with Crippen molar-refractivity contribution in [1.82, 2.24) is 9.97 Å². The van der Waals surface area contributed by atoms with Crippen molar-refractivity contribution >= 4 is 5.57 Å². The zero-order chi connectivity index (χ0) is 21.3. The van der Waals surface area contributed by atoms with Crippen molar-refractivity contribution in [1.29, 1.82) is 0 Å². The van der Waals surface area contributed by atoms with E-state index in [4.69, 9.17) is 0 Å². The molecule has 0 amide bonds. The molecule has 2 aromatic carbocycles. The average Bonchev–Trinajstić information content (AvgIpc) is 2.87. The van der Waals surface area contributed by atoms with Crippen molar-refractivity contribution in [3.05, 3.63) is 127 Å². The zero-order valence-electron chi connectivity index (χ0n) is 18.0. The van der Waals surface area contributed by atoms with E-state index in [1.54, 1.807) is 0 Å². The first-order valence-electron chi connectivity index (χ1n) is 10.5. The zero-order valence-corrected chi connectivity index (χ0v) is 20.4. The van der Waals surface area contributed by atoms with Gasteiger partial charge >= 0.3 is 0 Å². The van der Waals surface area contributed by atoms with E-state index in [1.807, 2.05) is 67.0 Å². The largest absolute Gasteiger partial charge is 0.320 e. The van der Waals surface area contributed by atoms with Gasteiger partial charge < -0.3 is 9.97 Å². The molecule has 3 heteroatoms. The van der Waals surface area contributed by atoms with E-state index >= 15 is 0 Å². The van der Waals surface area contributed by atoms with Crippen LogP contribution in [0.5, 0.6) is 0 Å². The molecule has 0 aliphatic heterocycles. The Bertz CT molecular complexity index is 1090. The van der Waals surface area contributed by atoms with Crippen LogP contribution in [0.4, 0.5) is 0 Å². The van der Waals surface area contributed by atoms with Crippen LogP contribution in [0.25, 0.3) is 28.0 Å². The van der Waals surface area contributed by atoms with Gasteiger partial charge in [0.25, 0.3) is 0 Å². The number of aryl methyl sites for hydroxylation is 1. The molecule has 32 heavy (non-hydrogen) atoms. The Morgan fingerprint density at radius 2 is 1.53 bits per heavy atom. The third-order valence-electron chi connectivity index (χ3n) is 5.01. The van der Waals surface area contributed by atoms with Crippen molar-refractivity contribution in [2.24, 2.45) is 0 Å². The fourth-order valence-corrected chi connectivity index (χ4v) is 3.30. The van der Waals surface area contributed by atoms with Crippen molar-refractivity contribution in [2.45, 2.75) is 19.8 Å². The Labute approximate surface area is 204 Å². The molecule has 0 bridgehead atoms. The summed E-state index contributed by atoms with van der Waals surface area (Å²) in [5.41, 5.74) is 7.80. The van der Waals surface area contributed by atoms with E-state index in [9.17, 15) is 0 Å². The van der Waals surface area contributed by atoms with Crippen molar-refractivity contribution < 1.29 is 20.1 Å². The predicted molar refractivity (Wildman–Crippen MR) is 128 cm³/mol. The maximum atomic E-state index is 4.49. The van der Waals surface area contributed by atoms with Crippen molar-refractivity contribution in [3.63, 3.8) is 0 Å². The third kappa shape index (κ3) is 6.43. The number of aromatic nitrogens is 2. The Balaban J connectivity index is 0.000000184. The minimum Gasteiger partial charge on any atom is -0.320 e. The van der Waals surface area contributed by atoms with Crippen LogP contribution in [0.3, 0.4) is 0 Å². The second-order valence-corrected chi connectivity index (χ2v) is 7.36. The molecule has 0 saturated carbocycles. The monoisotopic (exact) mass is 593 g/mol. The van der Waals surface area contributed by atoms with Gasteiger partial charge in [0.2, 0.25) is 0 Å². The van der Waals surface area contributed by atoms with Crippen LogP contribution in [-0.2, 0) is 20.1 Å². The summed E-state index contributed by atoms with van der Waals surface area (Å²) in [6.07, 6.45) is 13.3. The maximum absolute atomic E-state index is 4.49. The van der Waals surface area contributed by atoms with Crippen molar-refractivity contribution in [2.75, 3.05) is 0 Å². The van der Waals surface area contributed by atoms with E-state index in [0.717, 1.165) is 35.4 Å². The molecule has 2 nitrogen and oxygen atoms in total. The van der Waals surface area contributed by atoms with Crippen LogP contribution in [0, 0.1) is 19.1 Å². The number of nitrogens with zero attached hydrogens (tertiary/aromatic N) is 2. The second-order valence-electron chi connectivity index (χ2n) is 7.36. The number of rotatable bonds is 3. The molecule has 1 radical (unpaired) electrons. The van der Waals surface area contributed by atoms with Crippen molar-refractivity contribution in [3.8, 4) is 22.4 Å². The van der Waals surface area contributed by atoms with E-state index in [0.29, 0.717) is 0 Å². The van der Waals surface area contributed by atoms with Crippen LogP contribution in [0.2, 0.25) is 0 Å². The summed E-state index contributed by atoms with van der Waals surface area (Å²) in [6, 6.07) is 29.6. The maximum Gasteiger partial charge on any atom is 0.0239 e. The molecule has 1 aliphatic carbocycles. The number of pyridine rings is 2. The van der Waals surface area contributed by atoms with Gasteiger partial charge in [0.1, 0.15) is 0 Å². The molecule has 2 aromatic heterocycles. The molecule has 4 aromatic rings. The van der Waals surface area contributed by atoms with Gasteiger partial charge in [0, 0.05) is 32.5 Å². The summed E-state index contributed by atoms with van der Waals surface area (Å²) in [5, 5.41) is 0. The summed E-state index contributed by atoms with van der Waals surface area (Å²) in [7, 11) is 0. The van der Waals surface area contributed by atoms with Gasteiger partial charge in [-0.2, -0.15) is 18.2 Å². The molecule has 1 aliphatic rings. The predicted octanol–water partition coefficient (Wildman–Crippen LogP) is 7.14. The first-order chi connectivity index (χ1) is 15.3. The number of benzene rings is 2. The second kappa shape index (κ2) is 12.0. The van der Waals surface area contributed by atoms with Crippen LogP contribution >= 0.6 is 0 Å². The van der Waals surface area contributed by atoms with Crippen LogP contribution in [0.15, 0.2) is 103 Å². The first kappa shape index (κ1) is 23.5. The molecular weight excluding hydrogens is 569 g/mol. The van der Waals surface area contributed by atoms with Gasteiger partial charge in [-0.15, -0.1) is 41.5 Å². The van der Waals surface area contributed by atoms with E-state index < -0.39 is 0 Å². The summed E-state index contributed by atoms with van der Waals surface area (Å²) >= 11 is 0. The summed E-state index contributed by atoms with van der Waals surface area (Å²) in [5.74, 6) is 0. The summed E-state index contributed by atoms with van der Waals surface area (Å²) in [4.78, 5) is 8.86. The van der Waals surface area contributed by atoms with Crippen LogP contribution in [0.1, 0.15) is 24.1 Å². The molecule has 0 saturated heterocycles. The topological polar surface area (TPSA) is 25.8 Å². The molecule has 0 atom stereocenters. The fraction of sp³-hybridized carbons (Fsp3) is 0.103. The van der Waals surface area contributed by atoms with Gasteiger partial charge in [-0.3, -0.25) is 0 Å². The molecule has 0 spiro atoms. The van der Waals surface area contributed by atoms with Gasteiger partial charge in [0.15, 0.2) is 0 Å². The Morgan fingerprint density at radius 1 is 0.750 bits per heavy atom. The molecule has 0 unspecified atom stereocenters. The standard InChI is InChI=1S/C17H12N.C12H12N.Ir/c1-3-7-14(8-4-1)16-11-12-17(18-13-16)15-9-5-2-6-10-15;1-10-7-8-12(13-9-10)11-5-3-2-4-6-11;/h1-9,11-13H;2-3,7-9H,4,6H2,1H3;/q2*-1;. The molecule has 0 fully saturated rings. The van der Waals surface area contributed by atoms with Gasteiger partial charge in [-0.25, -0.2) is 0 Å². The average molecular weight is 593 g/mol. The minimum atomic E-state index is 0. The van der Waals surface area contributed by atoms with Crippen LogP contribution in [-0.4, -0.2) is 9.97 Å². The SMILES string of the molecule is Cc1ccc(C2=[C-]C=CCC2)nc1.[Ir].[c-]1ccccc1-c1ccc(-c2ccccc2)cn1. The Kier molecular flexibility index (Phi) is 8.86. The quantitative estimate of drug-likeness (QED) is 0.237. The molecule has 0 N–H and O–H groups in total. The summed E-state index contributed by atoms with van der Waals surface area (Å²) in [6.45, 7) is 2.05. The molecule has 5 rings (SSSR count). The number of hydrogen-bond acceptors (Lipinski definition) is 2. The van der Waals surface area contributed by atoms with Gasteiger partial charge in [0.05, 0.1) is 0 Å².